The van der Waals surface area contributed by atoms with Gasteiger partial charge in [-0.05, 0) is 17.7 Å². The Morgan fingerprint density at radius 3 is 2.89 bits per heavy atom. The van der Waals surface area contributed by atoms with Crippen LogP contribution in [0.5, 0.6) is 0 Å². The fraction of sp³-hybridized carbons (Fsp3) is 0.0588. The van der Waals surface area contributed by atoms with E-state index in [4.69, 9.17) is 0 Å². The highest BCUT2D eigenvalue weighted by Crippen LogP contribution is 2.27. The molecule has 1 aliphatic carbocycles. The zero-order valence-corrected chi connectivity index (χ0v) is 12.1. The average molecular weight is 312 g/mol. The zero-order chi connectivity index (χ0) is 13.2. The molecule has 1 heterocycles. The van der Waals surface area contributed by atoms with E-state index in [1.807, 2.05) is 12.2 Å². The molecule has 0 amide bonds. The molecule has 1 nitrogen and oxygen atoms in total. The van der Waals surface area contributed by atoms with E-state index in [0.717, 1.165) is 22.0 Å². The molecule has 0 saturated carbocycles. The highest BCUT2D eigenvalue weighted by atomic mass is 79.9. The van der Waals surface area contributed by atoms with Crippen LogP contribution in [0.1, 0.15) is 11.3 Å². The van der Waals surface area contributed by atoms with Gasteiger partial charge in [0.25, 0.3) is 0 Å². The summed E-state index contributed by atoms with van der Waals surface area (Å²) >= 11 is 3.51. The fourth-order valence-corrected chi connectivity index (χ4v) is 2.65. The Bertz CT molecular complexity index is 729. The Labute approximate surface area is 121 Å². The van der Waals surface area contributed by atoms with Gasteiger partial charge in [0.05, 0.1) is 0 Å². The second-order valence-electron chi connectivity index (χ2n) is 4.61. The third-order valence-corrected chi connectivity index (χ3v) is 3.72. The minimum atomic E-state index is 0.906. The molecule has 0 unspecified atom stereocenters. The lowest BCUT2D eigenvalue weighted by Gasteiger charge is -1.99. The van der Waals surface area contributed by atoms with E-state index in [0.29, 0.717) is 0 Å². The molecular formula is C17H14BrN. The second kappa shape index (κ2) is 5.06. The van der Waals surface area contributed by atoms with Crippen molar-refractivity contribution in [2.75, 3.05) is 0 Å². The zero-order valence-electron chi connectivity index (χ0n) is 10.5. The van der Waals surface area contributed by atoms with E-state index in [1.165, 1.54) is 16.6 Å². The van der Waals surface area contributed by atoms with Gasteiger partial charge in [-0.2, -0.15) is 0 Å². The van der Waals surface area contributed by atoms with E-state index in [9.17, 15) is 0 Å². The molecule has 1 aromatic heterocycles. The van der Waals surface area contributed by atoms with Crippen molar-refractivity contribution < 1.29 is 0 Å². The second-order valence-corrected chi connectivity index (χ2v) is 5.52. The molecule has 0 spiro atoms. The normalized spacial score (nSPS) is 18.3. The summed E-state index contributed by atoms with van der Waals surface area (Å²) in [5.74, 6) is 0. The van der Waals surface area contributed by atoms with E-state index < -0.39 is 0 Å². The van der Waals surface area contributed by atoms with Crippen molar-refractivity contribution in [2.45, 2.75) is 6.42 Å². The minimum absolute atomic E-state index is 0.906. The Balaban J connectivity index is 2.21. The van der Waals surface area contributed by atoms with Crippen molar-refractivity contribution in [1.29, 1.82) is 0 Å². The number of halogens is 1. The van der Waals surface area contributed by atoms with Crippen molar-refractivity contribution in [3.05, 3.63) is 76.5 Å². The molecule has 19 heavy (non-hydrogen) atoms. The van der Waals surface area contributed by atoms with Crippen LogP contribution in [0.3, 0.4) is 0 Å². The topological polar surface area (TPSA) is 15.8 Å². The van der Waals surface area contributed by atoms with Crippen LogP contribution in [0.2, 0.25) is 0 Å². The smallest absolute Gasteiger partial charge is 0.0473 e. The van der Waals surface area contributed by atoms with Gasteiger partial charge >= 0.3 is 0 Å². The summed E-state index contributed by atoms with van der Waals surface area (Å²) in [5.41, 5.74) is 4.66. The summed E-state index contributed by atoms with van der Waals surface area (Å²) in [4.78, 5) is 3.50. The molecule has 0 fully saturated rings. The molecule has 0 radical (unpaired) electrons. The maximum Gasteiger partial charge on any atom is 0.0473 e. The molecule has 2 aromatic rings. The summed E-state index contributed by atoms with van der Waals surface area (Å²) in [6.45, 7) is 4.01. The van der Waals surface area contributed by atoms with Crippen LogP contribution in [0.15, 0.2) is 65.2 Å². The van der Waals surface area contributed by atoms with Gasteiger partial charge in [0.15, 0.2) is 0 Å². The standard InChI is InChI=1S/C17H14BrN/c1-12-5-3-2-4-6-16-14(9-7-12)15-10-8-13(18)11-17(15)19-16/h2-5,7-11,19H,1,6H2/b4-2-,5-3-,9-7?. The average Bonchev–Trinajstić information content (AvgIpc) is 2.73. The number of hydrogen-bond donors (Lipinski definition) is 1. The maximum atomic E-state index is 4.01. The van der Waals surface area contributed by atoms with Crippen molar-refractivity contribution in [3.63, 3.8) is 0 Å². The van der Waals surface area contributed by atoms with Crippen molar-refractivity contribution in [1.82, 2.24) is 4.98 Å². The molecule has 1 aromatic carbocycles. The van der Waals surface area contributed by atoms with Crippen LogP contribution in [-0.4, -0.2) is 4.98 Å². The van der Waals surface area contributed by atoms with E-state index in [-0.39, 0.29) is 0 Å². The van der Waals surface area contributed by atoms with Gasteiger partial charge in [0.2, 0.25) is 0 Å². The molecule has 0 atom stereocenters. The minimum Gasteiger partial charge on any atom is -0.358 e. The van der Waals surface area contributed by atoms with Gasteiger partial charge in [-0.25, -0.2) is 0 Å². The summed E-state index contributed by atoms with van der Waals surface area (Å²) < 4.78 is 1.09. The lowest BCUT2D eigenvalue weighted by atomic mass is 10.1. The summed E-state index contributed by atoms with van der Waals surface area (Å²) in [6.07, 6.45) is 13.4. The van der Waals surface area contributed by atoms with Crippen molar-refractivity contribution >= 4 is 32.9 Å². The van der Waals surface area contributed by atoms with E-state index in [1.54, 1.807) is 0 Å². The molecule has 0 bridgehead atoms. The predicted octanol–water partition coefficient (Wildman–Crippen LogP) is 5.17. The summed E-state index contributed by atoms with van der Waals surface area (Å²) in [5, 5.41) is 1.25. The summed E-state index contributed by atoms with van der Waals surface area (Å²) in [6, 6.07) is 6.34. The van der Waals surface area contributed by atoms with Gasteiger partial charge in [0, 0.05) is 33.1 Å². The van der Waals surface area contributed by atoms with Gasteiger partial charge < -0.3 is 4.98 Å². The molecule has 0 saturated heterocycles. The third-order valence-electron chi connectivity index (χ3n) is 3.23. The van der Waals surface area contributed by atoms with Crippen LogP contribution in [0, 0.1) is 0 Å². The van der Waals surface area contributed by atoms with Gasteiger partial charge in [0.1, 0.15) is 0 Å². The Morgan fingerprint density at radius 1 is 1.11 bits per heavy atom. The van der Waals surface area contributed by atoms with Gasteiger partial charge in [-0.1, -0.05) is 65.0 Å². The SMILES string of the molecule is C=C1C=Cc2c([nH]c3cc(Br)ccc23)C/C=C\C=C/1. The van der Waals surface area contributed by atoms with Gasteiger partial charge in [-0.15, -0.1) is 0 Å². The van der Waals surface area contributed by atoms with Gasteiger partial charge in [-0.3, -0.25) is 0 Å². The monoisotopic (exact) mass is 311 g/mol. The number of aromatic nitrogens is 1. The number of aromatic amines is 1. The number of benzene rings is 1. The molecule has 1 aliphatic rings. The quantitative estimate of drug-likeness (QED) is 0.691. The fourth-order valence-electron chi connectivity index (χ4n) is 2.29. The number of nitrogens with one attached hydrogen (secondary N) is 1. The first-order valence-electron chi connectivity index (χ1n) is 6.24. The molecule has 3 rings (SSSR count). The van der Waals surface area contributed by atoms with Crippen LogP contribution in [0.4, 0.5) is 0 Å². The van der Waals surface area contributed by atoms with Crippen LogP contribution in [-0.2, 0) is 6.42 Å². The van der Waals surface area contributed by atoms with Crippen LogP contribution < -0.4 is 0 Å². The van der Waals surface area contributed by atoms with Crippen LogP contribution in [0.25, 0.3) is 17.0 Å². The van der Waals surface area contributed by atoms with Crippen LogP contribution >= 0.6 is 15.9 Å². The number of hydrogen-bond acceptors (Lipinski definition) is 0. The van der Waals surface area contributed by atoms with Crippen molar-refractivity contribution in [3.8, 4) is 0 Å². The number of allylic oxidation sites excluding steroid dienone is 6. The van der Waals surface area contributed by atoms with Crippen molar-refractivity contribution in [2.24, 2.45) is 0 Å². The third kappa shape index (κ3) is 2.49. The molecule has 2 heteroatoms. The molecule has 94 valence electrons. The number of fused-ring (bicyclic) bond motifs is 3. The van der Waals surface area contributed by atoms with E-state index in [2.05, 4.69) is 70.0 Å². The summed E-state index contributed by atoms with van der Waals surface area (Å²) in [7, 11) is 0. The highest BCUT2D eigenvalue weighted by Gasteiger charge is 2.08. The lowest BCUT2D eigenvalue weighted by Crippen LogP contribution is -1.85. The maximum absolute atomic E-state index is 4.01. The highest BCUT2D eigenvalue weighted by molar-refractivity contribution is 9.10. The molecule has 1 N–H and O–H groups in total. The molecule has 0 aliphatic heterocycles. The number of H-pyrrole nitrogens is 1. The predicted molar refractivity (Wildman–Crippen MR) is 86.2 cm³/mol. The first kappa shape index (κ1) is 12.2. The lowest BCUT2D eigenvalue weighted by molar-refractivity contribution is 1.16. The Hall–Kier alpha value is -1.80. The number of rotatable bonds is 0. The first-order chi connectivity index (χ1) is 9.24. The Morgan fingerprint density at radius 2 is 2.00 bits per heavy atom. The largest absolute Gasteiger partial charge is 0.358 e. The molecular weight excluding hydrogens is 298 g/mol. The Kier molecular flexibility index (Phi) is 3.26. The first-order valence-corrected chi connectivity index (χ1v) is 7.03. The van der Waals surface area contributed by atoms with E-state index >= 15 is 0 Å².